The summed E-state index contributed by atoms with van der Waals surface area (Å²) in [6, 6.07) is 15.5. The number of rotatable bonds is 7. The van der Waals surface area contributed by atoms with Gasteiger partial charge in [0, 0.05) is 33.3 Å². The maximum Gasteiger partial charge on any atom is 0.186 e. The Morgan fingerprint density at radius 2 is 1.84 bits per heavy atom. The van der Waals surface area contributed by atoms with E-state index < -0.39 is 0 Å². The summed E-state index contributed by atoms with van der Waals surface area (Å²) in [6.07, 6.45) is 0. The van der Waals surface area contributed by atoms with Gasteiger partial charge in [-0.05, 0) is 40.3 Å². The van der Waals surface area contributed by atoms with Crippen LogP contribution in [0.5, 0.6) is 5.75 Å². The van der Waals surface area contributed by atoms with E-state index in [1.807, 2.05) is 18.2 Å². The molecule has 0 aliphatic carbocycles. The summed E-state index contributed by atoms with van der Waals surface area (Å²) in [6.45, 7) is 4.55. The average Bonchev–Trinajstić information content (AvgIpc) is 3.47. The van der Waals surface area contributed by atoms with Crippen molar-refractivity contribution >= 4 is 26.7 Å². The van der Waals surface area contributed by atoms with E-state index in [1.165, 1.54) is 4.70 Å². The zero-order chi connectivity index (χ0) is 21.9. The van der Waals surface area contributed by atoms with Crippen molar-refractivity contribution in [2.45, 2.75) is 12.6 Å². The van der Waals surface area contributed by atoms with E-state index in [2.05, 4.69) is 43.5 Å². The number of benzene rings is 2. The third kappa shape index (κ3) is 4.16. The third-order valence-corrected chi connectivity index (χ3v) is 6.85. The molecule has 4 aromatic rings. The molecule has 0 spiro atoms. The molecule has 0 radical (unpaired) electrons. The van der Waals surface area contributed by atoms with Crippen LogP contribution in [0.15, 0.2) is 48.5 Å². The first-order chi connectivity index (χ1) is 15.7. The lowest BCUT2D eigenvalue weighted by molar-refractivity contribution is 0.171. The quantitative estimate of drug-likeness (QED) is 0.458. The van der Waals surface area contributed by atoms with Gasteiger partial charge >= 0.3 is 0 Å². The third-order valence-electron chi connectivity index (χ3n) is 5.75. The molecule has 1 fully saturated rings. The van der Waals surface area contributed by atoms with Crippen LogP contribution in [0.1, 0.15) is 17.4 Å². The number of piperazine rings is 1. The van der Waals surface area contributed by atoms with Gasteiger partial charge in [0.15, 0.2) is 11.0 Å². The van der Waals surface area contributed by atoms with Gasteiger partial charge in [0.25, 0.3) is 0 Å². The molecule has 1 N–H and O–H groups in total. The number of anilines is 1. The van der Waals surface area contributed by atoms with E-state index in [4.69, 9.17) is 9.72 Å². The number of thiazole rings is 1. The fourth-order valence-corrected chi connectivity index (χ4v) is 5.11. The van der Waals surface area contributed by atoms with Crippen LogP contribution in [0.3, 0.4) is 0 Å². The Hall–Kier alpha value is -3.08. The number of phenols is 1. The first-order valence-electron chi connectivity index (χ1n) is 10.6. The molecule has 1 atom stereocenters. The van der Waals surface area contributed by atoms with Crippen molar-refractivity contribution in [3.8, 4) is 5.75 Å². The number of hydrogen-bond acceptors (Lipinski definition) is 9. The smallest absolute Gasteiger partial charge is 0.186 e. The van der Waals surface area contributed by atoms with Crippen molar-refractivity contribution < 1.29 is 9.84 Å². The van der Waals surface area contributed by atoms with Crippen molar-refractivity contribution in [3.05, 3.63) is 59.9 Å². The molecule has 3 heterocycles. The summed E-state index contributed by atoms with van der Waals surface area (Å²) in [7, 11) is 1.67. The summed E-state index contributed by atoms with van der Waals surface area (Å²) in [5, 5.41) is 23.3. The van der Waals surface area contributed by atoms with Gasteiger partial charge in [0.1, 0.15) is 5.75 Å². The molecule has 32 heavy (non-hydrogen) atoms. The Balaban J connectivity index is 1.39. The van der Waals surface area contributed by atoms with E-state index in [0.29, 0.717) is 13.2 Å². The number of nitrogens with zero attached hydrogens (tertiary/aromatic N) is 7. The number of methoxy groups -OCH3 is 1. The highest BCUT2D eigenvalue weighted by Gasteiger charge is 2.31. The lowest BCUT2D eigenvalue weighted by atomic mass is 10.0. The Morgan fingerprint density at radius 3 is 2.59 bits per heavy atom. The van der Waals surface area contributed by atoms with Crippen LogP contribution in [0, 0.1) is 0 Å². The SMILES string of the molecule is COCCn1nnnc1C(c1ccc(O)cc1)N1CCN(c2nc3ccccc3s2)CC1. The molecular weight excluding hydrogens is 426 g/mol. The lowest BCUT2D eigenvalue weighted by Gasteiger charge is -2.38. The largest absolute Gasteiger partial charge is 0.508 e. The van der Waals surface area contributed by atoms with E-state index >= 15 is 0 Å². The number of aromatic nitrogens is 5. The number of hydrogen-bond donors (Lipinski definition) is 1. The average molecular weight is 452 g/mol. The van der Waals surface area contributed by atoms with Gasteiger partial charge in [-0.25, -0.2) is 9.67 Å². The molecule has 0 saturated carbocycles. The fourth-order valence-electron chi connectivity index (χ4n) is 4.09. The molecule has 9 nitrogen and oxygen atoms in total. The molecule has 0 amide bonds. The second-order valence-corrected chi connectivity index (χ2v) is 8.74. The van der Waals surface area contributed by atoms with Gasteiger partial charge in [-0.2, -0.15) is 0 Å². The Bertz CT molecular complexity index is 1140. The minimum atomic E-state index is -0.111. The molecule has 1 unspecified atom stereocenters. The van der Waals surface area contributed by atoms with E-state index in [9.17, 15) is 5.11 Å². The predicted molar refractivity (Wildman–Crippen MR) is 123 cm³/mol. The van der Waals surface area contributed by atoms with Crippen LogP contribution in [0.4, 0.5) is 5.13 Å². The fraction of sp³-hybridized carbons (Fsp3) is 0.364. The normalized spacial score (nSPS) is 16.0. The van der Waals surface area contributed by atoms with Crippen LogP contribution in [-0.4, -0.2) is 75.1 Å². The summed E-state index contributed by atoms with van der Waals surface area (Å²) >= 11 is 1.74. The van der Waals surface area contributed by atoms with Gasteiger partial charge < -0.3 is 14.7 Å². The standard InChI is InChI=1S/C22H25N7O2S/c1-31-15-14-29-21(24-25-26-29)20(16-6-8-17(30)9-7-16)27-10-12-28(13-11-27)22-23-18-4-2-3-5-19(18)32-22/h2-9,20,30H,10-15H2,1H3. The second kappa shape index (κ2) is 9.19. The molecule has 1 aliphatic rings. The zero-order valence-corrected chi connectivity index (χ0v) is 18.6. The molecule has 5 rings (SSSR count). The molecule has 1 saturated heterocycles. The summed E-state index contributed by atoms with van der Waals surface area (Å²) < 4.78 is 8.25. The maximum absolute atomic E-state index is 9.78. The number of ether oxygens (including phenoxy) is 1. The summed E-state index contributed by atoms with van der Waals surface area (Å²) in [5.74, 6) is 1.02. The first kappa shape index (κ1) is 20.8. The summed E-state index contributed by atoms with van der Waals surface area (Å²) in [4.78, 5) is 9.56. The number of tetrazole rings is 1. The van der Waals surface area contributed by atoms with Crippen LogP contribution in [0.2, 0.25) is 0 Å². The van der Waals surface area contributed by atoms with E-state index in [0.717, 1.165) is 48.2 Å². The number of phenolic OH excluding ortho intramolecular Hbond substituents is 1. The number of para-hydroxylation sites is 1. The van der Waals surface area contributed by atoms with Crippen LogP contribution in [0.25, 0.3) is 10.2 Å². The molecule has 10 heteroatoms. The van der Waals surface area contributed by atoms with Crippen molar-refractivity contribution in [2.24, 2.45) is 0 Å². The van der Waals surface area contributed by atoms with Crippen molar-refractivity contribution in [3.63, 3.8) is 0 Å². The maximum atomic E-state index is 9.78. The molecular formula is C22H25N7O2S. The first-order valence-corrected chi connectivity index (χ1v) is 11.4. The van der Waals surface area contributed by atoms with Gasteiger partial charge in [-0.15, -0.1) is 5.10 Å². The molecule has 1 aliphatic heterocycles. The minimum Gasteiger partial charge on any atom is -0.508 e. The number of fused-ring (bicyclic) bond motifs is 1. The number of aromatic hydroxyl groups is 1. The van der Waals surface area contributed by atoms with Crippen molar-refractivity contribution in [1.29, 1.82) is 0 Å². The lowest BCUT2D eigenvalue weighted by Crippen LogP contribution is -2.48. The van der Waals surface area contributed by atoms with E-state index in [1.54, 1.807) is 35.3 Å². The van der Waals surface area contributed by atoms with Crippen LogP contribution in [-0.2, 0) is 11.3 Å². The van der Waals surface area contributed by atoms with Gasteiger partial charge in [0.2, 0.25) is 0 Å². The second-order valence-electron chi connectivity index (χ2n) is 7.73. The highest BCUT2D eigenvalue weighted by molar-refractivity contribution is 7.22. The minimum absolute atomic E-state index is 0.111. The van der Waals surface area contributed by atoms with E-state index in [-0.39, 0.29) is 11.8 Å². The topological polar surface area (TPSA) is 92.4 Å². The molecule has 0 bridgehead atoms. The van der Waals surface area contributed by atoms with Crippen molar-refractivity contribution in [2.75, 3.05) is 44.8 Å². The van der Waals surface area contributed by atoms with Gasteiger partial charge in [-0.1, -0.05) is 35.6 Å². The highest BCUT2D eigenvalue weighted by atomic mass is 32.1. The van der Waals surface area contributed by atoms with Gasteiger partial charge in [-0.3, -0.25) is 4.90 Å². The van der Waals surface area contributed by atoms with Crippen molar-refractivity contribution in [1.82, 2.24) is 30.1 Å². The molecule has 2 aromatic heterocycles. The Kier molecular flexibility index (Phi) is 5.97. The monoisotopic (exact) mass is 451 g/mol. The predicted octanol–water partition coefficient (Wildman–Crippen LogP) is 2.55. The van der Waals surface area contributed by atoms with Crippen LogP contribution < -0.4 is 4.90 Å². The zero-order valence-electron chi connectivity index (χ0n) is 17.8. The van der Waals surface area contributed by atoms with Crippen LogP contribution >= 0.6 is 11.3 Å². The molecule has 166 valence electrons. The summed E-state index contributed by atoms with van der Waals surface area (Å²) in [5.41, 5.74) is 2.10. The molecule has 2 aromatic carbocycles. The Morgan fingerprint density at radius 1 is 1.06 bits per heavy atom. The van der Waals surface area contributed by atoms with Gasteiger partial charge in [0.05, 0.1) is 29.4 Å². The highest BCUT2D eigenvalue weighted by Crippen LogP contribution is 2.32. The Labute approximate surface area is 189 Å².